The highest BCUT2D eigenvalue weighted by Gasteiger charge is 2.09. The Labute approximate surface area is 112 Å². The molecule has 1 aromatic carbocycles. The highest BCUT2D eigenvalue weighted by molar-refractivity contribution is 5.57. The van der Waals surface area contributed by atoms with Crippen molar-refractivity contribution in [2.45, 2.75) is 26.3 Å². The number of benzene rings is 1. The minimum atomic E-state index is 0.299. The largest absolute Gasteiger partial charge is 0.383 e. The van der Waals surface area contributed by atoms with Crippen molar-refractivity contribution in [1.29, 1.82) is 0 Å². The Hall–Kier alpha value is -1.95. The summed E-state index contributed by atoms with van der Waals surface area (Å²) in [7, 11) is 1.72. The fourth-order valence-electron chi connectivity index (χ4n) is 1.87. The summed E-state index contributed by atoms with van der Waals surface area (Å²) >= 11 is 0. The SMILES string of the molecule is CCC(COC)Nc1cc(-n2cnnn2)ccc1C. The van der Waals surface area contributed by atoms with Crippen LogP contribution in [-0.4, -0.2) is 40.0 Å². The summed E-state index contributed by atoms with van der Waals surface area (Å²) in [5, 5.41) is 14.7. The van der Waals surface area contributed by atoms with Gasteiger partial charge in [-0.3, -0.25) is 0 Å². The lowest BCUT2D eigenvalue weighted by Crippen LogP contribution is -2.24. The third-order valence-electron chi connectivity index (χ3n) is 3.05. The van der Waals surface area contributed by atoms with Gasteiger partial charge in [-0.25, -0.2) is 4.68 Å². The Morgan fingerprint density at radius 1 is 1.42 bits per heavy atom. The maximum Gasteiger partial charge on any atom is 0.143 e. The van der Waals surface area contributed by atoms with Crippen molar-refractivity contribution in [2.75, 3.05) is 19.0 Å². The zero-order valence-electron chi connectivity index (χ0n) is 11.5. The normalized spacial score (nSPS) is 12.4. The number of rotatable bonds is 6. The maximum atomic E-state index is 5.21. The van der Waals surface area contributed by atoms with Gasteiger partial charge in [-0.15, -0.1) is 5.10 Å². The summed E-state index contributed by atoms with van der Waals surface area (Å²) < 4.78 is 6.85. The highest BCUT2D eigenvalue weighted by Crippen LogP contribution is 2.20. The Bertz CT molecular complexity index is 512. The first-order chi connectivity index (χ1) is 9.24. The van der Waals surface area contributed by atoms with Gasteiger partial charge in [-0.2, -0.15) is 0 Å². The second-order valence-corrected chi connectivity index (χ2v) is 4.46. The van der Waals surface area contributed by atoms with Gasteiger partial charge in [-0.05, 0) is 41.5 Å². The third kappa shape index (κ3) is 3.29. The monoisotopic (exact) mass is 261 g/mol. The van der Waals surface area contributed by atoms with Gasteiger partial charge < -0.3 is 10.1 Å². The molecule has 1 atom stereocenters. The van der Waals surface area contributed by atoms with Gasteiger partial charge in [0.05, 0.1) is 12.3 Å². The Morgan fingerprint density at radius 2 is 2.26 bits per heavy atom. The summed E-state index contributed by atoms with van der Waals surface area (Å²) in [6.45, 7) is 4.90. The van der Waals surface area contributed by atoms with Crippen LogP contribution in [0, 0.1) is 6.92 Å². The molecule has 1 heterocycles. The van der Waals surface area contributed by atoms with E-state index in [1.165, 1.54) is 5.56 Å². The smallest absolute Gasteiger partial charge is 0.143 e. The first-order valence-electron chi connectivity index (χ1n) is 6.34. The van der Waals surface area contributed by atoms with Crippen LogP contribution in [0.3, 0.4) is 0 Å². The fourth-order valence-corrected chi connectivity index (χ4v) is 1.87. The average molecular weight is 261 g/mol. The Balaban J connectivity index is 2.22. The fraction of sp³-hybridized carbons (Fsp3) is 0.462. The average Bonchev–Trinajstić information content (AvgIpc) is 2.94. The van der Waals surface area contributed by atoms with Gasteiger partial charge >= 0.3 is 0 Å². The van der Waals surface area contributed by atoms with Gasteiger partial charge in [-0.1, -0.05) is 13.0 Å². The van der Waals surface area contributed by atoms with Crippen molar-refractivity contribution in [3.8, 4) is 5.69 Å². The summed E-state index contributed by atoms with van der Waals surface area (Å²) in [5.41, 5.74) is 3.20. The number of methoxy groups -OCH3 is 1. The number of aromatic nitrogens is 4. The summed E-state index contributed by atoms with van der Waals surface area (Å²) in [5.74, 6) is 0. The first kappa shape index (κ1) is 13.5. The van der Waals surface area contributed by atoms with Crippen molar-refractivity contribution in [2.24, 2.45) is 0 Å². The van der Waals surface area contributed by atoms with Crippen LogP contribution in [0.15, 0.2) is 24.5 Å². The predicted molar refractivity (Wildman–Crippen MR) is 73.5 cm³/mol. The first-order valence-corrected chi connectivity index (χ1v) is 6.34. The second-order valence-electron chi connectivity index (χ2n) is 4.46. The van der Waals surface area contributed by atoms with E-state index in [1.54, 1.807) is 18.1 Å². The van der Waals surface area contributed by atoms with E-state index >= 15 is 0 Å². The molecule has 0 radical (unpaired) electrons. The topological polar surface area (TPSA) is 64.9 Å². The predicted octanol–water partition coefficient (Wildman–Crippen LogP) is 1.81. The quantitative estimate of drug-likeness (QED) is 0.859. The molecule has 1 aromatic heterocycles. The van der Waals surface area contributed by atoms with Gasteiger partial charge in [0.2, 0.25) is 0 Å². The van der Waals surface area contributed by atoms with Crippen molar-refractivity contribution < 1.29 is 4.74 Å². The molecular weight excluding hydrogens is 242 g/mol. The molecule has 0 fully saturated rings. The van der Waals surface area contributed by atoms with Crippen LogP contribution in [0.1, 0.15) is 18.9 Å². The van der Waals surface area contributed by atoms with Crippen molar-refractivity contribution in [1.82, 2.24) is 20.2 Å². The number of hydrogen-bond acceptors (Lipinski definition) is 5. The van der Waals surface area contributed by atoms with E-state index in [1.807, 2.05) is 12.1 Å². The van der Waals surface area contributed by atoms with Crippen molar-refractivity contribution in [3.05, 3.63) is 30.1 Å². The lowest BCUT2D eigenvalue weighted by atomic mass is 10.1. The molecule has 0 amide bonds. The van der Waals surface area contributed by atoms with Crippen molar-refractivity contribution >= 4 is 5.69 Å². The maximum absolute atomic E-state index is 5.21. The molecule has 6 heteroatoms. The zero-order chi connectivity index (χ0) is 13.7. The highest BCUT2D eigenvalue weighted by atomic mass is 16.5. The second kappa shape index (κ2) is 6.29. The number of nitrogens with zero attached hydrogens (tertiary/aromatic N) is 4. The van der Waals surface area contributed by atoms with Crippen LogP contribution in [0.4, 0.5) is 5.69 Å². The van der Waals surface area contributed by atoms with Crippen LogP contribution >= 0.6 is 0 Å². The van der Waals surface area contributed by atoms with Crippen LogP contribution in [-0.2, 0) is 4.74 Å². The van der Waals surface area contributed by atoms with E-state index in [0.29, 0.717) is 12.6 Å². The van der Waals surface area contributed by atoms with Crippen LogP contribution in [0.2, 0.25) is 0 Å². The molecule has 2 rings (SSSR count). The lowest BCUT2D eigenvalue weighted by molar-refractivity contribution is 0.184. The van der Waals surface area contributed by atoms with E-state index < -0.39 is 0 Å². The Kier molecular flexibility index (Phi) is 4.46. The molecule has 1 N–H and O–H groups in total. The molecule has 0 aliphatic rings. The van der Waals surface area contributed by atoms with E-state index in [4.69, 9.17) is 4.74 Å². The number of aryl methyl sites for hydroxylation is 1. The number of tetrazole rings is 1. The van der Waals surface area contributed by atoms with E-state index in [2.05, 4.69) is 40.8 Å². The van der Waals surface area contributed by atoms with E-state index in [-0.39, 0.29) is 0 Å². The summed E-state index contributed by atoms with van der Waals surface area (Å²) in [4.78, 5) is 0. The van der Waals surface area contributed by atoms with Gasteiger partial charge in [0.15, 0.2) is 0 Å². The van der Waals surface area contributed by atoms with Crippen LogP contribution in [0.25, 0.3) is 5.69 Å². The van der Waals surface area contributed by atoms with Crippen LogP contribution in [0.5, 0.6) is 0 Å². The molecule has 0 aliphatic heterocycles. The van der Waals surface area contributed by atoms with Gasteiger partial charge in [0.25, 0.3) is 0 Å². The molecule has 6 nitrogen and oxygen atoms in total. The number of anilines is 1. The minimum Gasteiger partial charge on any atom is -0.383 e. The van der Waals surface area contributed by atoms with Crippen LogP contribution < -0.4 is 5.32 Å². The molecular formula is C13H19N5O. The molecule has 0 saturated carbocycles. The summed E-state index contributed by atoms with van der Waals surface area (Å²) in [6.07, 6.45) is 2.59. The number of hydrogen-bond donors (Lipinski definition) is 1. The third-order valence-corrected chi connectivity index (χ3v) is 3.05. The van der Waals surface area contributed by atoms with Crippen molar-refractivity contribution in [3.63, 3.8) is 0 Å². The molecule has 0 saturated heterocycles. The molecule has 1 unspecified atom stereocenters. The molecule has 0 aliphatic carbocycles. The Morgan fingerprint density at radius 3 is 2.89 bits per heavy atom. The van der Waals surface area contributed by atoms with E-state index in [9.17, 15) is 0 Å². The molecule has 2 aromatic rings. The molecule has 0 bridgehead atoms. The van der Waals surface area contributed by atoms with E-state index in [0.717, 1.165) is 17.8 Å². The standard InChI is InChI=1S/C13H19N5O/c1-4-11(8-19-3)15-13-7-12(6-5-10(13)2)18-9-14-16-17-18/h5-7,9,11,15H,4,8H2,1-3H3. The minimum absolute atomic E-state index is 0.299. The number of nitrogens with one attached hydrogen (secondary N) is 1. The van der Waals surface area contributed by atoms with Gasteiger partial charge in [0.1, 0.15) is 6.33 Å². The molecule has 102 valence electrons. The van der Waals surface area contributed by atoms with Gasteiger partial charge in [0, 0.05) is 18.8 Å². The lowest BCUT2D eigenvalue weighted by Gasteiger charge is -2.19. The number of ether oxygens (including phenoxy) is 1. The zero-order valence-corrected chi connectivity index (χ0v) is 11.5. The molecule has 0 spiro atoms. The molecule has 19 heavy (non-hydrogen) atoms. The summed E-state index contributed by atoms with van der Waals surface area (Å²) in [6, 6.07) is 6.39.